The first kappa shape index (κ1) is 17.7. The lowest BCUT2D eigenvalue weighted by Crippen LogP contribution is -2.44. The van der Waals surface area contributed by atoms with E-state index in [-0.39, 0.29) is 5.91 Å². The molecule has 1 amide bonds. The predicted octanol–water partition coefficient (Wildman–Crippen LogP) is 2.27. The number of rotatable bonds is 5. The molecule has 3 rings (SSSR count). The molecule has 2 aliphatic rings. The monoisotopic (exact) mass is 340 g/mol. The van der Waals surface area contributed by atoms with E-state index in [1.54, 1.807) is 0 Å². The van der Waals surface area contributed by atoms with Gasteiger partial charge in [-0.25, -0.2) is 4.99 Å². The summed E-state index contributed by atoms with van der Waals surface area (Å²) in [7, 11) is 4.07. The van der Waals surface area contributed by atoms with Crippen LogP contribution in [0.4, 0.5) is 0 Å². The molecule has 134 valence electrons. The van der Waals surface area contributed by atoms with Gasteiger partial charge in [0.2, 0.25) is 5.91 Å². The Hall–Kier alpha value is -2.14. The van der Waals surface area contributed by atoms with Crippen LogP contribution in [0.25, 0.3) is 0 Å². The third kappa shape index (κ3) is 3.61. The molecule has 2 N–H and O–H groups in total. The second-order valence-corrected chi connectivity index (χ2v) is 7.30. The van der Waals surface area contributed by atoms with Crippen molar-refractivity contribution < 1.29 is 4.79 Å². The third-order valence-corrected chi connectivity index (χ3v) is 5.12. The van der Waals surface area contributed by atoms with Crippen molar-refractivity contribution in [3.8, 4) is 0 Å². The standard InChI is InChI=1S/C20H28N4O/c1-23(2)15-16-8-4-5-9-17(16)20(19(21)25)10-11-22-18(14-20)24-12-6-3-7-13-24/h4-5,8-9,11,14H,3,6-7,10,12-13,15H2,1-2H3,(H2,21,25). The van der Waals surface area contributed by atoms with E-state index in [2.05, 4.69) is 20.9 Å². The molecule has 1 aromatic rings. The van der Waals surface area contributed by atoms with Crippen LogP contribution in [0, 0.1) is 0 Å². The summed E-state index contributed by atoms with van der Waals surface area (Å²) in [5.74, 6) is 0.587. The van der Waals surface area contributed by atoms with E-state index in [0.29, 0.717) is 6.42 Å². The highest BCUT2D eigenvalue weighted by Gasteiger charge is 2.40. The van der Waals surface area contributed by atoms with Crippen molar-refractivity contribution in [1.29, 1.82) is 0 Å². The number of benzene rings is 1. The van der Waals surface area contributed by atoms with Gasteiger partial charge in [0.1, 0.15) is 11.2 Å². The van der Waals surface area contributed by atoms with Gasteiger partial charge in [-0.1, -0.05) is 24.3 Å². The van der Waals surface area contributed by atoms with Crippen LogP contribution in [0.3, 0.4) is 0 Å². The van der Waals surface area contributed by atoms with Gasteiger partial charge < -0.3 is 15.5 Å². The summed E-state index contributed by atoms with van der Waals surface area (Å²) < 4.78 is 0. The number of aliphatic imine (C=N–C) groups is 1. The molecular formula is C20H28N4O. The van der Waals surface area contributed by atoms with E-state index in [1.807, 2.05) is 44.6 Å². The molecule has 1 aromatic carbocycles. The zero-order valence-electron chi connectivity index (χ0n) is 15.2. The van der Waals surface area contributed by atoms with E-state index >= 15 is 0 Å². The zero-order valence-corrected chi connectivity index (χ0v) is 15.2. The van der Waals surface area contributed by atoms with E-state index in [9.17, 15) is 4.79 Å². The molecule has 1 fully saturated rings. The molecule has 0 bridgehead atoms. The van der Waals surface area contributed by atoms with Crippen LogP contribution in [-0.4, -0.2) is 49.1 Å². The molecule has 0 spiro atoms. The Balaban J connectivity index is 2.04. The average Bonchev–Trinajstić information content (AvgIpc) is 2.62. The highest BCUT2D eigenvalue weighted by molar-refractivity contribution is 5.93. The van der Waals surface area contributed by atoms with Crippen LogP contribution in [0.1, 0.15) is 36.8 Å². The topological polar surface area (TPSA) is 61.9 Å². The molecule has 25 heavy (non-hydrogen) atoms. The number of primary amides is 1. The largest absolute Gasteiger partial charge is 0.369 e. The van der Waals surface area contributed by atoms with Gasteiger partial charge in [0.05, 0.1) is 0 Å². The highest BCUT2D eigenvalue weighted by Crippen LogP contribution is 2.36. The minimum atomic E-state index is -0.818. The van der Waals surface area contributed by atoms with Gasteiger partial charge in [-0.15, -0.1) is 0 Å². The Morgan fingerprint density at radius 3 is 2.64 bits per heavy atom. The van der Waals surface area contributed by atoms with E-state index in [1.165, 1.54) is 19.3 Å². The number of hydrogen-bond acceptors (Lipinski definition) is 4. The van der Waals surface area contributed by atoms with Crippen LogP contribution in [-0.2, 0) is 16.8 Å². The predicted molar refractivity (Wildman–Crippen MR) is 101 cm³/mol. The molecule has 2 aliphatic heterocycles. The van der Waals surface area contributed by atoms with Crippen LogP contribution >= 0.6 is 0 Å². The fraction of sp³-hybridized carbons (Fsp3) is 0.500. The van der Waals surface area contributed by atoms with Crippen molar-refractivity contribution in [2.75, 3.05) is 27.2 Å². The minimum Gasteiger partial charge on any atom is -0.369 e. The summed E-state index contributed by atoms with van der Waals surface area (Å²) in [6.45, 7) is 2.77. The number of hydrogen-bond donors (Lipinski definition) is 1. The maximum absolute atomic E-state index is 12.6. The summed E-state index contributed by atoms with van der Waals surface area (Å²) in [6, 6.07) is 8.12. The summed E-state index contributed by atoms with van der Waals surface area (Å²) in [5, 5.41) is 0. The summed E-state index contributed by atoms with van der Waals surface area (Å²) in [6.07, 6.45) is 8.00. The van der Waals surface area contributed by atoms with Crippen molar-refractivity contribution in [3.63, 3.8) is 0 Å². The summed E-state index contributed by atoms with van der Waals surface area (Å²) in [5.41, 5.74) is 7.26. The van der Waals surface area contributed by atoms with Gasteiger partial charge in [-0.3, -0.25) is 4.79 Å². The van der Waals surface area contributed by atoms with Gasteiger partial charge in [-0.05, 0) is 50.6 Å². The van der Waals surface area contributed by atoms with Crippen molar-refractivity contribution >= 4 is 12.1 Å². The Bertz CT molecular complexity index is 689. The van der Waals surface area contributed by atoms with Crippen molar-refractivity contribution in [1.82, 2.24) is 9.80 Å². The number of likely N-dealkylation sites (tertiary alicyclic amines) is 1. The molecular weight excluding hydrogens is 312 g/mol. The molecule has 0 radical (unpaired) electrons. The van der Waals surface area contributed by atoms with Crippen molar-refractivity contribution in [3.05, 3.63) is 47.3 Å². The van der Waals surface area contributed by atoms with Crippen LogP contribution in [0.2, 0.25) is 0 Å². The Morgan fingerprint density at radius 2 is 1.96 bits per heavy atom. The molecule has 2 heterocycles. The Morgan fingerprint density at radius 1 is 1.24 bits per heavy atom. The van der Waals surface area contributed by atoms with E-state index in [0.717, 1.165) is 36.6 Å². The SMILES string of the molecule is CN(C)Cc1ccccc1C1(C(N)=O)C=C(N2CCCCC2)N=CC1. The number of carbonyl (C=O) groups is 1. The first-order valence-corrected chi connectivity index (χ1v) is 9.06. The molecule has 0 aliphatic carbocycles. The highest BCUT2D eigenvalue weighted by atomic mass is 16.1. The smallest absolute Gasteiger partial charge is 0.232 e. The molecule has 5 nitrogen and oxygen atoms in total. The number of nitrogens with two attached hydrogens (primary N) is 1. The number of piperidine rings is 1. The van der Waals surface area contributed by atoms with Crippen molar-refractivity contribution in [2.24, 2.45) is 10.7 Å². The van der Waals surface area contributed by atoms with Crippen molar-refractivity contribution in [2.45, 2.75) is 37.6 Å². The van der Waals surface area contributed by atoms with Crippen LogP contribution in [0.5, 0.6) is 0 Å². The van der Waals surface area contributed by atoms with Crippen LogP contribution in [0.15, 0.2) is 41.2 Å². The Kier molecular flexibility index (Phi) is 5.23. The quantitative estimate of drug-likeness (QED) is 0.894. The first-order chi connectivity index (χ1) is 12.0. The summed E-state index contributed by atoms with van der Waals surface area (Å²) >= 11 is 0. The molecule has 5 heteroatoms. The second-order valence-electron chi connectivity index (χ2n) is 7.30. The van der Waals surface area contributed by atoms with E-state index < -0.39 is 5.41 Å². The fourth-order valence-corrected chi connectivity index (χ4v) is 3.82. The maximum Gasteiger partial charge on any atom is 0.232 e. The lowest BCUT2D eigenvalue weighted by molar-refractivity contribution is -0.121. The fourth-order valence-electron chi connectivity index (χ4n) is 3.82. The van der Waals surface area contributed by atoms with Crippen LogP contribution < -0.4 is 5.73 Å². The Labute approximate surface area is 150 Å². The number of nitrogens with zero attached hydrogens (tertiary/aromatic N) is 3. The number of amides is 1. The molecule has 1 unspecified atom stereocenters. The lowest BCUT2D eigenvalue weighted by Gasteiger charge is -2.36. The second kappa shape index (κ2) is 7.40. The minimum absolute atomic E-state index is 0.306. The molecule has 0 aromatic heterocycles. The van der Waals surface area contributed by atoms with E-state index in [4.69, 9.17) is 5.73 Å². The molecule has 1 saturated heterocycles. The third-order valence-electron chi connectivity index (χ3n) is 5.12. The van der Waals surface area contributed by atoms with Gasteiger partial charge in [0, 0.05) is 32.3 Å². The number of carbonyl (C=O) groups excluding carboxylic acids is 1. The summed E-state index contributed by atoms with van der Waals surface area (Å²) in [4.78, 5) is 21.6. The van der Waals surface area contributed by atoms with Gasteiger partial charge in [-0.2, -0.15) is 0 Å². The molecule has 0 saturated carbocycles. The van der Waals surface area contributed by atoms with Gasteiger partial charge in [0.25, 0.3) is 0 Å². The normalized spacial score (nSPS) is 23.6. The van der Waals surface area contributed by atoms with Gasteiger partial charge >= 0.3 is 0 Å². The van der Waals surface area contributed by atoms with Gasteiger partial charge in [0.15, 0.2) is 0 Å². The average molecular weight is 340 g/mol. The molecule has 1 atom stereocenters. The lowest BCUT2D eigenvalue weighted by atomic mass is 9.73. The first-order valence-electron chi connectivity index (χ1n) is 9.06. The maximum atomic E-state index is 12.6. The zero-order chi connectivity index (χ0) is 17.9.